The number of unbranched alkanes of at least 4 members (excludes halogenated alkanes) is 8. The van der Waals surface area contributed by atoms with Gasteiger partial charge in [0.05, 0.1) is 18.2 Å². The van der Waals surface area contributed by atoms with Gasteiger partial charge in [-0.25, -0.2) is 13.2 Å². The minimum atomic E-state index is -3.78. The van der Waals surface area contributed by atoms with Crippen LogP contribution in [0.15, 0.2) is 60.7 Å². The second kappa shape index (κ2) is 31.3. The molecule has 18 nitrogen and oxygen atoms in total. The lowest BCUT2D eigenvalue weighted by molar-refractivity contribution is -0.142. The molecule has 2 aromatic carbocycles. The topological polar surface area (TPSA) is 303 Å². The minimum Gasteiger partial charge on any atom is -0.480 e. The van der Waals surface area contributed by atoms with Crippen molar-refractivity contribution in [1.82, 2.24) is 26.6 Å². The maximum Gasteiger partial charge on any atom is 0.326 e. The molecule has 19 heteroatoms. The Labute approximate surface area is 395 Å². The summed E-state index contributed by atoms with van der Waals surface area (Å²) in [5, 5.41) is 23.4. The Bertz CT molecular complexity index is 1990. The number of carboxylic acids is 1. The highest BCUT2D eigenvalue weighted by atomic mass is 32.2. The molecular formula is C48H73N7O11S. The van der Waals surface area contributed by atoms with Crippen molar-refractivity contribution in [2.75, 3.05) is 12.0 Å². The Morgan fingerprint density at radius 2 is 1.10 bits per heavy atom. The maximum absolute atomic E-state index is 13.5. The van der Waals surface area contributed by atoms with E-state index in [1.165, 1.54) is 0 Å². The Morgan fingerprint density at radius 1 is 0.627 bits per heavy atom. The van der Waals surface area contributed by atoms with Crippen LogP contribution in [0.25, 0.3) is 0 Å². The number of nitrogens with one attached hydrogen (secondary N) is 5. The Morgan fingerprint density at radius 3 is 1.61 bits per heavy atom. The number of aliphatic carboxylic acids is 1. The summed E-state index contributed by atoms with van der Waals surface area (Å²) >= 11 is 0. The van der Waals surface area contributed by atoms with Crippen molar-refractivity contribution in [2.24, 2.45) is 17.4 Å². The van der Waals surface area contributed by atoms with Crippen LogP contribution in [0.2, 0.25) is 0 Å². The summed E-state index contributed by atoms with van der Waals surface area (Å²) in [6, 6.07) is 11.5. The molecule has 0 radical (unpaired) electrons. The van der Waals surface area contributed by atoms with Gasteiger partial charge in [-0.2, -0.15) is 0 Å². The summed E-state index contributed by atoms with van der Waals surface area (Å²) < 4.78 is 24.7. The van der Waals surface area contributed by atoms with Gasteiger partial charge in [0.1, 0.15) is 40.3 Å². The number of hydrogen-bond donors (Lipinski definition) is 8. The van der Waals surface area contributed by atoms with Crippen molar-refractivity contribution in [3.8, 4) is 0 Å². The predicted molar refractivity (Wildman–Crippen MR) is 255 cm³/mol. The molecule has 0 heterocycles. The third kappa shape index (κ3) is 25.7. The van der Waals surface area contributed by atoms with E-state index >= 15 is 0 Å². The zero-order valence-electron chi connectivity index (χ0n) is 39.2. The summed E-state index contributed by atoms with van der Waals surface area (Å²) in [6.07, 6.45) is 10.1. The molecule has 0 aromatic heterocycles. The highest BCUT2D eigenvalue weighted by Gasteiger charge is 2.32. The quantitative estimate of drug-likeness (QED) is 0.0361. The second-order valence-electron chi connectivity index (χ2n) is 17.7. The van der Waals surface area contributed by atoms with Crippen molar-refractivity contribution in [1.29, 1.82) is 0 Å². The van der Waals surface area contributed by atoms with Gasteiger partial charge >= 0.3 is 5.97 Å². The van der Waals surface area contributed by atoms with E-state index < -0.39 is 87.2 Å². The van der Waals surface area contributed by atoms with Crippen LogP contribution < -0.4 is 38.1 Å². The monoisotopic (exact) mass is 956 g/mol. The van der Waals surface area contributed by atoms with E-state index in [1.54, 1.807) is 60.7 Å². The standard InChI is InChI=1S/C48H73N7O11S/c1-33(2)28-38(45(60)53-37(44(50)59)29-34-20-12-10-13-21-34)54-47(62)41(32-67(3,65)66)52-43(58)26-18-8-4-6-16-24-36(25-17-7-5-9-19-27-56)51-39(31-42(49)57)46(61)55-40(48(63)64)30-35-22-14-11-15-23-35/h10-15,20-23,27,33,36-41,51H,4-9,16-19,24-26,28-32H2,1-3H3,(H2,49,57)(H2,50,59)(H,52,58)(H,53,60)(H,54,62)(H,55,61)(H,63,64)/t36?,37-,38-,39-,40-,41-/m0/s1. The molecular weight excluding hydrogens is 883 g/mol. The van der Waals surface area contributed by atoms with Gasteiger partial charge in [-0.05, 0) is 49.1 Å². The van der Waals surface area contributed by atoms with Crippen LogP contribution in [-0.4, -0.2) is 109 Å². The van der Waals surface area contributed by atoms with Gasteiger partial charge in [0.15, 0.2) is 0 Å². The van der Waals surface area contributed by atoms with Gasteiger partial charge < -0.3 is 48.0 Å². The molecule has 10 N–H and O–H groups in total. The van der Waals surface area contributed by atoms with Crippen molar-refractivity contribution >= 4 is 57.5 Å². The highest BCUT2D eigenvalue weighted by Crippen LogP contribution is 2.16. The molecule has 0 saturated heterocycles. The van der Waals surface area contributed by atoms with E-state index in [9.17, 15) is 51.9 Å². The van der Waals surface area contributed by atoms with Crippen LogP contribution >= 0.6 is 0 Å². The van der Waals surface area contributed by atoms with Crippen LogP contribution in [0.3, 0.4) is 0 Å². The van der Waals surface area contributed by atoms with Crippen molar-refractivity contribution in [3.63, 3.8) is 0 Å². The van der Waals surface area contributed by atoms with Gasteiger partial charge in [-0.1, -0.05) is 119 Å². The number of nitrogens with two attached hydrogens (primary N) is 2. The molecule has 6 atom stereocenters. The summed E-state index contributed by atoms with van der Waals surface area (Å²) in [5.41, 5.74) is 12.6. The van der Waals surface area contributed by atoms with Gasteiger partial charge in [0, 0.05) is 38.0 Å². The van der Waals surface area contributed by atoms with Crippen LogP contribution in [0.5, 0.6) is 0 Å². The van der Waals surface area contributed by atoms with Crippen LogP contribution in [0.1, 0.15) is 121 Å². The molecule has 67 heavy (non-hydrogen) atoms. The van der Waals surface area contributed by atoms with E-state index in [0.717, 1.165) is 63.1 Å². The summed E-state index contributed by atoms with van der Waals surface area (Å²) in [4.78, 5) is 101. The number of carboxylic acid groups (broad SMARTS) is 1. The number of aldehydes is 1. The second-order valence-corrected chi connectivity index (χ2v) is 19.9. The normalized spacial score (nSPS) is 14.1. The first-order valence-electron chi connectivity index (χ1n) is 23.2. The van der Waals surface area contributed by atoms with Crippen LogP contribution in [0, 0.1) is 5.92 Å². The number of benzene rings is 2. The molecule has 0 aliphatic carbocycles. The zero-order chi connectivity index (χ0) is 49.8. The molecule has 0 spiro atoms. The molecule has 2 aromatic rings. The van der Waals surface area contributed by atoms with Crippen molar-refractivity contribution in [3.05, 3.63) is 71.8 Å². The number of carbonyl (C=O) groups excluding carboxylic acids is 7. The lowest BCUT2D eigenvalue weighted by Crippen LogP contribution is -2.58. The number of amides is 6. The van der Waals surface area contributed by atoms with Crippen molar-refractivity contribution in [2.45, 2.75) is 159 Å². The van der Waals surface area contributed by atoms with E-state index in [1.807, 2.05) is 13.8 Å². The lowest BCUT2D eigenvalue weighted by atomic mass is 9.98. The molecule has 0 aliphatic rings. The van der Waals surface area contributed by atoms with Gasteiger partial charge in [-0.3, -0.25) is 28.8 Å². The van der Waals surface area contributed by atoms with Gasteiger partial charge in [0.2, 0.25) is 35.4 Å². The molecule has 0 fully saturated rings. The molecule has 6 amide bonds. The zero-order valence-corrected chi connectivity index (χ0v) is 40.0. The molecule has 2 rings (SSSR count). The first-order chi connectivity index (χ1) is 31.8. The van der Waals surface area contributed by atoms with Gasteiger partial charge in [0.25, 0.3) is 0 Å². The molecule has 0 bridgehead atoms. The minimum absolute atomic E-state index is 0.00301. The Hall–Kier alpha value is -5.69. The average Bonchev–Trinajstić information content (AvgIpc) is 3.25. The Kier molecular flexibility index (Phi) is 26.8. The average molecular weight is 956 g/mol. The third-order valence-electron chi connectivity index (χ3n) is 11.0. The number of carbonyl (C=O) groups is 8. The molecule has 1 unspecified atom stereocenters. The van der Waals surface area contributed by atoms with E-state index in [-0.39, 0.29) is 44.1 Å². The number of primary amides is 2. The first kappa shape index (κ1) is 57.4. The SMILES string of the molecule is CC(C)C[C@H](NC(=O)[C@H](CS(C)(=O)=O)NC(=O)CCCCCCCC(CCCCCCC=O)N[C@@H](CC(N)=O)C(=O)N[C@@H](Cc1ccccc1)C(=O)O)C(=O)N[C@@H](Cc1ccccc1)C(N)=O. The van der Waals surface area contributed by atoms with Gasteiger partial charge in [-0.15, -0.1) is 0 Å². The first-order valence-corrected chi connectivity index (χ1v) is 25.3. The molecule has 0 saturated carbocycles. The third-order valence-corrected chi connectivity index (χ3v) is 12.0. The summed E-state index contributed by atoms with van der Waals surface area (Å²) in [7, 11) is -3.78. The summed E-state index contributed by atoms with van der Waals surface area (Å²) in [6.45, 7) is 3.65. The fraction of sp³-hybridized carbons (Fsp3) is 0.583. The fourth-order valence-electron chi connectivity index (χ4n) is 7.60. The van der Waals surface area contributed by atoms with E-state index in [4.69, 9.17) is 11.5 Å². The van der Waals surface area contributed by atoms with Crippen LogP contribution in [-0.2, 0) is 61.0 Å². The molecule has 372 valence electrons. The predicted octanol–water partition coefficient (Wildman–Crippen LogP) is 2.54. The maximum atomic E-state index is 13.5. The fourth-order valence-corrected chi connectivity index (χ4v) is 8.44. The Balaban J connectivity index is 2.00. The number of sulfone groups is 1. The van der Waals surface area contributed by atoms with Crippen LogP contribution in [0.4, 0.5) is 0 Å². The largest absolute Gasteiger partial charge is 0.480 e. The van der Waals surface area contributed by atoms with E-state index in [0.29, 0.717) is 37.7 Å². The highest BCUT2D eigenvalue weighted by molar-refractivity contribution is 7.90. The van der Waals surface area contributed by atoms with Crippen molar-refractivity contribution < 1.29 is 51.9 Å². The summed E-state index contributed by atoms with van der Waals surface area (Å²) in [5.74, 6) is -6.27. The van der Waals surface area contributed by atoms with E-state index in [2.05, 4.69) is 26.6 Å². The number of hydrogen-bond acceptors (Lipinski definition) is 11. The smallest absolute Gasteiger partial charge is 0.326 e. The lowest BCUT2D eigenvalue weighted by Gasteiger charge is -2.26. The number of rotatable bonds is 36. The molecule has 0 aliphatic heterocycles.